The average Bonchev–Trinajstić information content (AvgIpc) is 2.07. The Hall–Kier alpha value is 0.190. The molecule has 1 aromatic rings. The van der Waals surface area contributed by atoms with Crippen molar-refractivity contribution in [2.75, 3.05) is 13.9 Å². The summed E-state index contributed by atoms with van der Waals surface area (Å²) in [6.45, 7) is 0.289. The van der Waals surface area contributed by atoms with E-state index in [0.717, 1.165) is 13.8 Å². The SMILES string of the molecule is COCOc1ccc(Br)c(I)c1. The molecule has 0 aliphatic carbocycles. The molecular weight excluding hydrogens is 335 g/mol. The van der Waals surface area contributed by atoms with E-state index in [-0.39, 0.29) is 6.79 Å². The van der Waals surface area contributed by atoms with Crippen LogP contribution in [0.4, 0.5) is 0 Å². The van der Waals surface area contributed by atoms with Crippen molar-refractivity contribution in [3.05, 3.63) is 26.2 Å². The van der Waals surface area contributed by atoms with E-state index < -0.39 is 0 Å². The first kappa shape index (κ1) is 10.3. The van der Waals surface area contributed by atoms with Gasteiger partial charge in [-0.05, 0) is 56.7 Å². The minimum atomic E-state index is 0.289. The van der Waals surface area contributed by atoms with Crippen molar-refractivity contribution in [2.24, 2.45) is 0 Å². The molecule has 12 heavy (non-hydrogen) atoms. The fourth-order valence-electron chi connectivity index (χ4n) is 0.694. The molecule has 2 nitrogen and oxygen atoms in total. The third kappa shape index (κ3) is 2.91. The van der Waals surface area contributed by atoms with E-state index in [0.29, 0.717) is 0 Å². The van der Waals surface area contributed by atoms with Gasteiger partial charge in [-0.15, -0.1) is 0 Å². The van der Waals surface area contributed by atoms with Crippen LogP contribution in [0.2, 0.25) is 0 Å². The molecule has 0 radical (unpaired) electrons. The molecule has 0 spiro atoms. The van der Waals surface area contributed by atoms with Gasteiger partial charge in [-0.25, -0.2) is 0 Å². The normalized spacial score (nSPS) is 9.92. The first-order chi connectivity index (χ1) is 5.74. The minimum absolute atomic E-state index is 0.289. The molecule has 0 aliphatic heterocycles. The van der Waals surface area contributed by atoms with Gasteiger partial charge in [0.05, 0.1) is 0 Å². The number of methoxy groups -OCH3 is 1. The lowest BCUT2D eigenvalue weighted by molar-refractivity contribution is 0.0511. The third-order valence-corrected chi connectivity index (χ3v) is 3.56. The highest BCUT2D eigenvalue weighted by Crippen LogP contribution is 2.23. The second-order valence-corrected chi connectivity index (χ2v) is 4.14. The van der Waals surface area contributed by atoms with Crippen molar-refractivity contribution >= 4 is 38.5 Å². The fourth-order valence-corrected chi connectivity index (χ4v) is 1.43. The second kappa shape index (κ2) is 5.04. The Morgan fingerprint density at radius 3 is 2.83 bits per heavy atom. The molecule has 0 unspecified atom stereocenters. The highest BCUT2D eigenvalue weighted by molar-refractivity contribution is 14.1. The van der Waals surface area contributed by atoms with Gasteiger partial charge in [0.25, 0.3) is 0 Å². The van der Waals surface area contributed by atoms with E-state index in [4.69, 9.17) is 9.47 Å². The zero-order valence-corrected chi connectivity index (χ0v) is 10.3. The Morgan fingerprint density at radius 2 is 2.25 bits per heavy atom. The monoisotopic (exact) mass is 342 g/mol. The predicted molar refractivity (Wildman–Crippen MR) is 59.4 cm³/mol. The lowest BCUT2D eigenvalue weighted by Gasteiger charge is -2.05. The van der Waals surface area contributed by atoms with Gasteiger partial charge in [0, 0.05) is 15.2 Å². The van der Waals surface area contributed by atoms with Crippen molar-refractivity contribution in [3.63, 3.8) is 0 Å². The van der Waals surface area contributed by atoms with Crippen molar-refractivity contribution < 1.29 is 9.47 Å². The maximum Gasteiger partial charge on any atom is 0.188 e. The van der Waals surface area contributed by atoms with Crippen molar-refractivity contribution in [3.8, 4) is 5.75 Å². The van der Waals surface area contributed by atoms with E-state index in [9.17, 15) is 0 Å². The number of ether oxygens (including phenoxy) is 2. The topological polar surface area (TPSA) is 18.5 Å². The summed E-state index contributed by atoms with van der Waals surface area (Å²) in [6.07, 6.45) is 0. The van der Waals surface area contributed by atoms with Gasteiger partial charge in [-0.1, -0.05) is 0 Å². The molecule has 0 fully saturated rings. The molecule has 0 N–H and O–H groups in total. The standard InChI is InChI=1S/C8H8BrIO2/c1-11-5-12-6-2-3-7(9)8(10)4-6/h2-4H,5H2,1H3. The van der Waals surface area contributed by atoms with Crippen LogP contribution >= 0.6 is 38.5 Å². The smallest absolute Gasteiger partial charge is 0.188 e. The van der Waals surface area contributed by atoms with Gasteiger partial charge in [-0.3, -0.25) is 0 Å². The van der Waals surface area contributed by atoms with Crippen LogP contribution in [-0.2, 0) is 4.74 Å². The van der Waals surface area contributed by atoms with Crippen molar-refractivity contribution in [2.45, 2.75) is 0 Å². The molecule has 0 bridgehead atoms. The van der Waals surface area contributed by atoms with E-state index in [1.54, 1.807) is 7.11 Å². The second-order valence-electron chi connectivity index (χ2n) is 2.13. The quantitative estimate of drug-likeness (QED) is 0.621. The maximum atomic E-state index is 5.24. The summed E-state index contributed by atoms with van der Waals surface area (Å²) < 4.78 is 12.2. The first-order valence-electron chi connectivity index (χ1n) is 3.31. The largest absolute Gasteiger partial charge is 0.468 e. The summed E-state index contributed by atoms with van der Waals surface area (Å²) in [4.78, 5) is 0. The summed E-state index contributed by atoms with van der Waals surface area (Å²) in [7, 11) is 1.60. The van der Waals surface area contributed by atoms with Crippen molar-refractivity contribution in [1.82, 2.24) is 0 Å². The molecule has 0 amide bonds. The van der Waals surface area contributed by atoms with Crippen LogP contribution in [0, 0.1) is 3.57 Å². The van der Waals surface area contributed by atoms with Gasteiger partial charge in [-0.2, -0.15) is 0 Å². The lowest BCUT2D eigenvalue weighted by atomic mass is 10.3. The zero-order chi connectivity index (χ0) is 8.97. The molecule has 1 rings (SSSR count). The average molecular weight is 343 g/mol. The summed E-state index contributed by atoms with van der Waals surface area (Å²) in [5.41, 5.74) is 0. The highest BCUT2D eigenvalue weighted by atomic mass is 127. The Kier molecular flexibility index (Phi) is 4.31. The van der Waals surface area contributed by atoms with E-state index in [1.165, 1.54) is 0 Å². The van der Waals surface area contributed by atoms with Crippen LogP contribution in [0.3, 0.4) is 0 Å². The number of hydrogen-bond donors (Lipinski definition) is 0. The zero-order valence-electron chi connectivity index (χ0n) is 6.51. The van der Waals surface area contributed by atoms with Gasteiger partial charge in [0.1, 0.15) is 5.75 Å². The van der Waals surface area contributed by atoms with Gasteiger partial charge in [0.15, 0.2) is 6.79 Å². The lowest BCUT2D eigenvalue weighted by Crippen LogP contribution is -1.98. The summed E-state index contributed by atoms with van der Waals surface area (Å²) in [5.74, 6) is 0.824. The number of hydrogen-bond acceptors (Lipinski definition) is 2. The van der Waals surface area contributed by atoms with Gasteiger partial charge in [0.2, 0.25) is 0 Å². The van der Waals surface area contributed by atoms with E-state index in [1.807, 2.05) is 18.2 Å². The molecule has 0 saturated heterocycles. The van der Waals surface area contributed by atoms with Crippen LogP contribution in [0.5, 0.6) is 5.75 Å². The number of halogens is 2. The molecule has 0 aromatic heterocycles. The van der Waals surface area contributed by atoms with Crippen LogP contribution in [0.1, 0.15) is 0 Å². The van der Waals surface area contributed by atoms with E-state index in [2.05, 4.69) is 38.5 Å². The van der Waals surface area contributed by atoms with Gasteiger partial charge < -0.3 is 9.47 Å². The first-order valence-corrected chi connectivity index (χ1v) is 5.18. The Morgan fingerprint density at radius 1 is 1.50 bits per heavy atom. The van der Waals surface area contributed by atoms with Crippen LogP contribution in [0.25, 0.3) is 0 Å². The van der Waals surface area contributed by atoms with Crippen LogP contribution < -0.4 is 4.74 Å². The third-order valence-electron chi connectivity index (χ3n) is 1.23. The van der Waals surface area contributed by atoms with Crippen molar-refractivity contribution in [1.29, 1.82) is 0 Å². The Bertz CT molecular complexity index is 265. The maximum absolute atomic E-state index is 5.24. The molecule has 0 atom stereocenters. The predicted octanol–water partition coefficient (Wildman–Crippen LogP) is 3.04. The summed E-state index contributed by atoms with van der Waals surface area (Å²) in [5, 5.41) is 0. The molecule has 0 aliphatic rings. The summed E-state index contributed by atoms with van der Waals surface area (Å²) >= 11 is 5.64. The van der Waals surface area contributed by atoms with Crippen LogP contribution in [-0.4, -0.2) is 13.9 Å². The Balaban J connectivity index is 2.69. The fraction of sp³-hybridized carbons (Fsp3) is 0.250. The summed E-state index contributed by atoms with van der Waals surface area (Å²) in [6, 6.07) is 5.79. The Labute approximate surface area is 93.5 Å². The van der Waals surface area contributed by atoms with Crippen LogP contribution in [0.15, 0.2) is 22.7 Å². The highest BCUT2D eigenvalue weighted by Gasteiger charge is 1.98. The van der Waals surface area contributed by atoms with E-state index >= 15 is 0 Å². The number of benzene rings is 1. The molecular formula is C8H8BrIO2. The molecule has 1 aromatic carbocycles. The molecule has 4 heteroatoms. The minimum Gasteiger partial charge on any atom is -0.468 e. The number of rotatable bonds is 3. The molecule has 0 heterocycles. The molecule has 66 valence electrons. The molecule has 0 saturated carbocycles. The van der Waals surface area contributed by atoms with Gasteiger partial charge >= 0.3 is 0 Å².